The van der Waals surface area contributed by atoms with E-state index in [4.69, 9.17) is 9.47 Å². The zero-order valence-electron chi connectivity index (χ0n) is 20.1. The van der Waals surface area contributed by atoms with Crippen molar-refractivity contribution in [1.29, 1.82) is 0 Å². The molecule has 2 unspecified atom stereocenters. The maximum Gasteiger partial charge on any atom is 0.338 e. The van der Waals surface area contributed by atoms with E-state index in [1.165, 1.54) is 18.2 Å². The summed E-state index contributed by atoms with van der Waals surface area (Å²) >= 11 is 0. The van der Waals surface area contributed by atoms with Crippen LogP contribution in [0.1, 0.15) is 79.1 Å². The highest BCUT2D eigenvalue weighted by Gasteiger charge is 2.23. The fourth-order valence-corrected chi connectivity index (χ4v) is 3.67. The van der Waals surface area contributed by atoms with Gasteiger partial charge in [0.25, 0.3) is 0 Å². The summed E-state index contributed by atoms with van der Waals surface area (Å²) < 4.78 is 10.7. The summed E-state index contributed by atoms with van der Waals surface area (Å²) in [6.07, 6.45) is 2.55. The molecule has 170 valence electrons. The van der Waals surface area contributed by atoms with Crippen LogP contribution < -0.4 is 4.74 Å². The van der Waals surface area contributed by atoms with E-state index in [9.17, 15) is 9.90 Å². The molecule has 0 saturated carbocycles. The van der Waals surface area contributed by atoms with Crippen LogP contribution in [0.25, 0.3) is 0 Å². The lowest BCUT2D eigenvalue weighted by molar-refractivity contribution is 0.0216. The third-order valence-corrected chi connectivity index (χ3v) is 6.04. The van der Waals surface area contributed by atoms with Gasteiger partial charge in [-0.05, 0) is 78.8 Å². The standard InChI is InChI=1S/C27H38O4/c1-8-21(22-12-13-23(18(2)16-22)26(29)30-7)11-9-20-10-14-24(19(3)15-20)31-17-25(28)27(4,5)6/h10,12-16,21,25,28H,8-9,11,17H2,1-7H3. The van der Waals surface area contributed by atoms with Gasteiger partial charge in [-0.1, -0.05) is 52.0 Å². The minimum atomic E-state index is -0.508. The van der Waals surface area contributed by atoms with Crippen LogP contribution in [0.5, 0.6) is 5.75 Å². The number of hydrogen-bond acceptors (Lipinski definition) is 4. The van der Waals surface area contributed by atoms with Crippen molar-refractivity contribution >= 4 is 5.97 Å². The van der Waals surface area contributed by atoms with Gasteiger partial charge in [0.15, 0.2) is 0 Å². The van der Waals surface area contributed by atoms with Gasteiger partial charge in [0.05, 0.1) is 18.8 Å². The average molecular weight is 427 g/mol. The molecule has 2 atom stereocenters. The highest BCUT2D eigenvalue weighted by Crippen LogP contribution is 2.29. The number of rotatable bonds is 9. The summed E-state index contributed by atoms with van der Waals surface area (Å²) in [5.74, 6) is 0.974. The van der Waals surface area contributed by atoms with E-state index in [1.807, 2.05) is 39.8 Å². The van der Waals surface area contributed by atoms with E-state index in [-0.39, 0.29) is 11.4 Å². The van der Waals surface area contributed by atoms with Crippen molar-refractivity contribution in [2.24, 2.45) is 5.41 Å². The number of aryl methyl sites for hydroxylation is 3. The van der Waals surface area contributed by atoms with Crippen molar-refractivity contribution in [2.45, 2.75) is 72.8 Å². The number of aliphatic hydroxyl groups is 1. The van der Waals surface area contributed by atoms with Gasteiger partial charge < -0.3 is 14.6 Å². The molecule has 0 aliphatic carbocycles. The maximum absolute atomic E-state index is 11.8. The highest BCUT2D eigenvalue weighted by molar-refractivity contribution is 5.91. The Hall–Kier alpha value is -2.33. The first-order valence-corrected chi connectivity index (χ1v) is 11.2. The van der Waals surface area contributed by atoms with Gasteiger partial charge in [-0.15, -0.1) is 0 Å². The summed E-state index contributed by atoms with van der Waals surface area (Å²) in [5.41, 5.74) is 5.02. The zero-order chi connectivity index (χ0) is 23.2. The van der Waals surface area contributed by atoms with Crippen molar-refractivity contribution in [3.8, 4) is 5.75 Å². The fraction of sp³-hybridized carbons (Fsp3) is 0.519. The molecule has 0 spiro atoms. The molecular weight excluding hydrogens is 388 g/mol. The molecule has 2 rings (SSSR count). The average Bonchev–Trinajstić information content (AvgIpc) is 2.72. The Morgan fingerprint density at radius 3 is 2.32 bits per heavy atom. The van der Waals surface area contributed by atoms with Crippen LogP contribution in [0, 0.1) is 19.3 Å². The number of methoxy groups -OCH3 is 1. The topological polar surface area (TPSA) is 55.8 Å². The van der Waals surface area contributed by atoms with Crippen molar-refractivity contribution in [3.63, 3.8) is 0 Å². The van der Waals surface area contributed by atoms with Crippen molar-refractivity contribution in [3.05, 3.63) is 64.2 Å². The number of hydrogen-bond donors (Lipinski definition) is 1. The van der Waals surface area contributed by atoms with Crippen LogP contribution in [-0.2, 0) is 11.2 Å². The predicted octanol–water partition coefficient (Wildman–Crippen LogP) is 6.00. The van der Waals surface area contributed by atoms with Crippen LogP contribution in [-0.4, -0.2) is 30.9 Å². The van der Waals surface area contributed by atoms with E-state index >= 15 is 0 Å². The summed E-state index contributed by atoms with van der Waals surface area (Å²) in [4.78, 5) is 11.8. The van der Waals surface area contributed by atoms with E-state index in [2.05, 4.69) is 38.1 Å². The first-order chi connectivity index (χ1) is 14.6. The molecule has 2 aromatic carbocycles. The van der Waals surface area contributed by atoms with Crippen LogP contribution >= 0.6 is 0 Å². The molecule has 31 heavy (non-hydrogen) atoms. The molecule has 0 heterocycles. The van der Waals surface area contributed by atoms with Crippen LogP contribution in [0.3, 0.4) is 0 Å². The molecule has 4 nitrogen and oxygen atoms in total. The van der Waals surface area contributed by atoms with Gasteiger partial charge in [-0.3, -0.25) is 0 Å². The first kappa shape index (κ1) is 24.9. The Labute approximate surface area is 187 Å². The molecule has 0 fully saturated rings. The Morgan fingerprint density at radius 2 is 1.77 bits per heavy atom. The highest BCUT2D eigenvalue weighted by atomic mass is 16.5. The van der Waals surface area contributed by atoms with Gasteiger partial charge in [0.2, 0.25) is 0 Å². The van der Waals surface area contributed by atoms with E-state index < -0.39 is 6.10 Å². The van der Waals surface area contributed by atoms with Gasteiger partial charge in [0.1, 0.15) is 12.4 Å². The van der Waals surface area contributed by atoms with Crippen LogP contribution in [0.4, 0.5) is 0 Å². The van der Waals surface area contributed by atoms with Crippen LogP contribution in [0.15, 0.2) is 36.4 Å². The summed E-state index contributed by atoms with van der Waals surface area (Å²) in [5, 5.41) is 10.2. The molecule has 4 heteroatoms. The molecule has 2 aromatic rings. The summed E-state index contributed by atoms with van der Waals surface area (Å²) in [6.45, 7) is 12.5. The minimum absolute atomic E-state index is 0.198. The Bertz CT molecular complexity index is 879. The molecule has 0 bridgehead atoms. The van der Waals surface area contributed by atoms with Gasteiger partial charge >= 0.3 is 5.97 Å². The molecule has 0 radical (unpaired) electrons. The molecular formula is C27H38O4. The monoisotopic (exact) mass is 426 g/mol. The largest absolute Gasteiger partial charge is 0.491 e. The van der Waals surface area contributed by atoms with Gasteiger partial charge in [-0.25, -0.2) is 4.79 Å². The Balaban J connectivity index is 2.02. The Morgan fingerprint density at radius 1 is 1.06 bits per heavy atom. The number of esters is 1. The number of benzene rings is 2. The second kappa shape index (κ2) is 10.8. The summed E-state index contributed by atoms with van der Waals surface area (Å²) in [7, 11) is 1.41. The third-order valence-electron chi connectivity index (χ3n) is 6.04. The quantitative estimate of drug-likeness (QED) is 0.500. The van der Waals surface area contributed by atoms with Crippen LogP contribution in [0.2, 0.25) is 0 Å². The molecule has 0 aromatic heterocycles. The molecule has 0 aliphatic heterocycles. The molecule has 0 amide bonds. The first-order valence-electron chi connectivity index (χ1n) is 11.2. The van der Waals surface area contributed by atoms with Crippen molar-refractivity contribution in [2.75, 3.05) is 13.7 Å². The number of carbonyl (C=O) groups is 1. The van der Waals surface area contributed by atoms with E-state index in [0.29, 0.717) is 18.1 Å². The van der Waals surface area contributed by atoms with Gasteiger partial charge in [-0.2, -0.15) is 0 Å². The third kappa shape index (κ3) is 6.83. The van der Waals surface area contributed by atoms with Crippen molar-refractivity contribution < 1.29 is 19.4 Å². The Kier molecular flexibility index (Phi) is 8.69. The van der Waals surface area contributed by atoms with Crippen molar-refractivity contribution in [1.82, 2.24) is 0 Å². The maximum atomic E-state index is 11.8. The molecule has 1 N–H and O–H groups in total. The van der Waals surface area contributed by atoms with E-state index in [0.717, 1.165) is 36.1 Å². The zero-order valence-corrected chi connectivity index (χ0v) is 20.1. The lowest BCUT2D eigenvalue weighted by atomic mass is 9.88. The molecule has 0 saturated heterocycles. The lowest BCUT2D eigenvalue weighted by Gasteiger charge is -2.26. The van der Waals surface area contributed by atoms with Gasteiger partial charge in [0, 0.05) is 0 Å². The normalized spacial score (nSPS) is 13.5. The lowest BCUT2D eigenvalue weighted by Crippen LogP contribution is -2.32. The number of ether oxygens (including phenoxy) is 2. The second-order valence-corrected chi connectivity index (χ2v) is 9.50. The number of carbonyl (C=O) groups excluding carboxylic acids is 1. The predicted molar refractivity (Wildman–Crippen MR) is 126 cm³/mol. The number of aliphatic hydroxyl groups excluding tert-OH is 1. The second-order valence-electron chi connectivity index (χ2n) is 9.50. The SMILES string of the molecule is CCC(CCc1ccc(OCC(O)C(C)(C)C)c(C)c1)c1ccc(C(=O)OC)c(C)c1. The minimum Gasteiger partial charge on any atom is -0.491 e. The van der Waals surface area contributed by atoms with E-state index in [1.54, 1.807) is 0 Å². The fourth-order valence-electron chi connectivity index (χ4n) is 3.67. The smallest absolute Gasteiger partial charge is 0.338 e. The molecule has 0 aliphatic rings. The summed E-state index contributed by atoms with van der Waals surface area (Å²) in [6, 6.07) is 12.3.